The van der Waals surface area contributed by atoms with Gasteiger partial charge in [-0.3, -0.25) is 11.3 Å². The van der Waals surface area contributed by atoms with Gasteiger partial charge in [-0.2, -0.15) is 13.2 Å². The van der Waals surface area contributed by atoms with E-state index in [4.69, 9.17) is 22.2 Å². The van der Waals surface area contributed by atoms with Crippen molar-refractivity contribution in [1.29, 1.82) is 0 Å². The first-order valence-electron chi connectivity index (χ1n) is 5.32. The Bertz CT molecular complexity index is 374. The number of alkyl halides is 3. The highest BCUT2D eigenvalue weighted by molar-refractivity contribution is 6.30. The fourth-order valence-electron chi connectivity index (χ4n) is 1.31. The molecule has 1 aromatic carbocycles. The Morgan fingerprint density at radius 2 is 2.11 bits per heavy atom. The minimum Gasteiger partial charge on any atom is -0.492 e. The highest BCUT2D eigenvalue weighted by Crippen LogP contribution is 2.22. The summed E-state index contributed by atoms with van der Waals surface area (Å²) >= 11 is 5.75. The SMILES string of the molecule is NNC(CCC(F)(F)F)COc1cccc(Cl)c1. The lowest BCUT2D eigenvalue weighted by molar-refractivity contribution is -0.137. The maximum Gasteiger partial charge on any atom is 0.389 e. The van der Waals surface area contributed by atoms with Crippen LogP contribution in [0.3, 0.4) is 0 Å². The lowest BCUT2D eigenvalue weighted by Crippen LogP contribution is -2.40. The molecule has 3 nitrogen and oxygen atoms in total. The van der Waals surface area contributed by atoms with Gasteiger partial charge in [0.05, 0.1) is 6.04 Å². The number of hydrogen-bond donors (Lipinski definition) is 2. The summed E-state index contributed by atoms with van der Waals surface area (Å²) in [4.78, 5) is 0. The quantitative estimate of drug-likeness (QED) is 0.623. The van der Waals surface area contributed by atoms with Crippen molar-refractivity contribution in [2.45, 2.75) is 25.1 Å². The molecule has 3 N–H and O–H groups in total. The average Bonchev–Trinajstić information content (AvgIpc) is 2.28. The molecule has 7 heteroatoms. The molecule has 0 heterocycles. The molecular weight excluding hydrogens is 269 g/mol. The lowest BCUT2D eigenvalue weighted by atomic mass is 10.2. The summed E-state index contributed by atoms with van der Waals surface area (Å²) in [6.45, 7) is 0.0485. The van der Waals surface area contributed by atoms with E-state index >= 15 is 0 Å². The smallest absolute Gasteiger partial charge is 0.389 e. The van der Waals surface area contributed by atoms with Crippen LogP contribution in [0.25, 0.3) is 0 Å². The predicted octanol–water partition coefficient (Wildman–Crippen LogP) is 2.89. The van der Waals surface area contributed by atoms with Crippen LogP contribution in [0.4, 0.5) is 13.2 Å². The Hall–Kier alpha value is -0.980. The number of benzene rings is 1. The molecule has 1 atom stereocenters. The maximum atomic E-state index is 12.0. The van der Waals surface area contributed by atoms with Crippen LogP contribution < -0.4 is 16.0 Å². The van der Waals surface area contributed by atoms with Gasteiger partial charge in [0, 0.05) is 11.4 Å². The Morgan fingerprint density at radius 1 is 1.39 bits per heavy atom. The standard InChI is InChI=1S/C11H14ClF3N2O/c12-8-2-1-3-10(6-8)18-7-9(17-16)4-5-11(13,14)15/h1-3,6,9,17H,4-5,7,16H2. The van der Waals surface area contributed by atoms with Crippen LogP contribution in [-0.2, 0) is 0 Å². The second kappa shape index (κ2) is 6.82. The lowest BCUT2D eigenvalue weighted by Gasteiger charge is -2.17. The molecule has 0 aliphatic heterocycles. The zero-order valence-electron chi connectivity index (χ0n) is 9.51. The summed E-state index contributed by atoms with van der Waals surface area (Å²) < 4.78 is 41.4. The van der Waals surface area contributed by atoms with Gasteiger partial charge in [0.1, 0.15) is 12.4 Å². The number of halogens is 4. The number of hydrogen-bond acceptors (Lipinski definition) is 3. The number of ether oxygens (including phenoxy) is 1. The van der Waals surface area contributed by atoms with Gasteiger partial charge in [-0.15, -0.1) is 0 Å². The molecule has 0 amide bonds. The predicted molar refractivity (Wildman–Crippen MR) is 63.3 cm³/mol. The molecule has 1 rings (SSSR count). The molecule has 0 fully saturated rings. The van der Waals surface area contributed by atoms with Gasteiger partial charge >= 0.3 is 6.18 Å². The van der Waals surface area contributed by atoms with Crippen LogP contribution in [0, 0.1) is 0 Å². The van der Waals surface area contributed by atoms with Crippen molar-refractivity contribution < 1.29 is 17.9 Å². The third-order valence-corrected chi connectivity index (χ3v) is 2.49. The number of nitrogens with two attached hydrogens (primary N) is 1. The third kappa shape index (κ3) is 6.09. The summed E-state index contributed by atoms with van der Waals surface area (Å²) in [5, 5.41) is 0.500. The van der Waals surface area contributed by atoms with Crippen molar-refractivity contribution in [3.63, 3.8) is 0 Å². The summed E-state index contributed by atoms with van der Waals surface area (Å²) in [6.07, 6.45) is -5.23. The monoisotopic (exact) mass is 282 g/mol. The summed E-state index contributed by atoms with van der Waals surface area (Å²) in [7, 11) is 0. The molecule has 0 saturated carbocycles. The van der Waals surface area contributed by atoms with E-state index in [9.17, 15) is 13.2 Å². The first kappa shape index (κ1) is 15.1. The van der Waals surface area contributed by atoms with E-state index in [-0.39, 0.29) is 13.0 Å². The molecule has 0 radical (unpaired) electrons. The van der Waals surface area contributed by atoms with Crippen LogP contribution in [0.1, 0.15) is 12.8 Å². The zero-order chi connectivity index (χ0) is 13.6. The van der Waals surface area contributed by atoms with Crippen molar-refractivity contribution in [1.82, 2.24) is 5.43 Å². The third-order valence-electron chi connectivity index (χ3n) is 2.26. The van der Waals surface area contributed by atoms with Crippen LogP contribution in [0.15, 0.2) is 24.3 Å². The fraction of sp³-hybridized carbons (Fsp3) is 0.455. The number of nitrogens with one attached hydrogen (secondary N) is 1. The first-order chi connectivity index (χ1) is 8.40. The Kier molecular flexibility index (Phi) is 5.71. The Balaban J connectivity index is 2.40. The van der Waals surface area contributed by atoms with Crippen molar-refractivity contribution in [2.24, 2.45) is 5.84 Å². The van der Waals surface area contributed by atoms with E-state index in [1.807, 2.05) is 0 Å². The molecule has 0 aliphatic carbocycles. The molecule has 0 spiro atoms. The van der Waals surface area contributed by atoms with Gasteiger partial charge in [-0.25, -0.2) is 0 Å². The van der Waals surface area contributed by atoms with E-state index in [0.29, 0.717) is 10.8 Å². The largest absolute Gasteiger partial charge is 0.492 e. The van der Waals surface area contributed by atoms with Gasteiger partial charge in [0.25, 0.3) is 0 Å². The molecule has 18 heavy (non-hydrogen) atoms. The van der Waals surface area contributed by atoms with Crippen LogP contribution in [0.5, 0.6) is 5.75 Å². The maximum absolute atomic E-state index is 12.0. The van der Waals surface area contributed by atoms with E-state index in [2.05, 4.69) is 5.43 Å². The van der Waals surface area contributed by atoms with Gasteiger partial charge in [0.2, 0.25) is 0 Å². The fourth-order valence-corrected chi connectivity index (χ4v) is 1.49. The highest BCUT2D eigenvalue weighted by Gasteiger charge is 2.28. The summed E-state index contributed by atoms with van der Waals surface area (Å²) in [5.74, 6) is 5.67. The molecule has 0 saturated heterocycles. The first-order valence-corrected chi connectivity index (χ1v) is 5.70. The van der Waals surface area contributed by atoms with Crippen LogP contribution in [-0.4, -0.2) is 18.8 Å². The second-order valence-corrected chi connectivity index (χ2v) is 4.22. The number of hydrazine groups is 1. The van der Waals surface area contributed by atoms with Gasteiger partial charge < -0.3 is 4.74 Å². The van der Waals surface area contributed by atoms with Crippen molar-refractivity contribution in [3.8, 4) is 5.75 Å². The van der Waals surface area contributed by atoms with E-state index < -0.39 is 18.6 Å². The molecule has 0 aromatic heterocycles. The minimum absolute atomic E-state index is 0.0485. The molecular formula is C11H14ClF3N2O. The van der Waals surface area contributed by atoms with Crippen LogP contribution >= 0.6 is 11.6 Å². The molecule has 0 bridgehead atoms. The number of rotatable bonds is 6. The van der Waals surface area contributed by atoms with Crippen molar-refractivity contribution >= 4 is 11.6 Å². The second-order valence-electron chi connectivity index (χ2n) is 3.79. The topological polar surface area (TPSA) is 47.3 Å². The summed E-state index contributed by atoms with van der Waals surface area (Å²) in [5.41, 5.74) is 2.30. The molecule has 1 unspecified atom stereocenters. The molecule has 1 aromatic rings. The zero-order valence-corrected chi connectivity index (χ0v) is 10.3. The van der Waals surface area contributed by atoms with Crippen LogP contribution in [0.2, 0.25) is 5.02 Å². The van der Waals surface area contributed by atoms with Gasteiger partial charge in [-0.1, -0.05) is 17.7 Å². The van der Waals surface area contributed by atoms with Crippen molar-refractivity contribution in [2.75, 3.05) is 6.61 Å². The van der Waals surface area contributed by atoms with Gasteiger partial charge in [0.15, 0.2) is 0 Å². The molecule has 102 valence electrons. The van der Waals surface area contributed by atoms with Crippen molar-refractivity contribution in [3.05, 3.63) is 29.3 Å². The Morgan fingerprint density at radius 3 is 2.67 bits per heavy atom. The van der Waals surface area contributed by atoms with E-state index in [1.54, 1.807) is 24.3 Å². The van der Waals surface area contributed by atoms with E-state index in [0.717, 1.165) is 0 Å². The Labute approximate surface area is 108 Å². The normalized spacial score (nSPS) is 13.4. The average molecular weight is 283 g/mol. The molecule has 0 aliphatic rings. The highest BCUT2D eigenvalue weighted by atomic mass is 35.5. The summed E-state index contributed by atoms with van der Waals surface area (Å²) in [6, 6.07) is 6.06. The minimum atomic E-state index is -4.19. The van der Waals surface area contributed by atoms with E-state index in [1.165, 1.54) is 0 Å². The van der Waals surface area contributed by atoms with Gasteiger partial charge in [-0.05, 0) is 24.6 Å².